The minimum Gasteiger partial charge on any atom is -0.466 e. The number of hydrogen-bond acceptors (Lipinski definition) is 7. The monoisotopic (exact) mass is 349 g/mol. The zero-order valence-electron chi connectivity index (χ0n) is 14.4. The molecule has 136 valence electrons. The van der Waals surface area contributed by atoms with Gasteiger partial charge in [0.15, 0.2) is 0 Å². The molecule has 1 atom stereocenters. The maximum absolute atomic E-state index is 11.4. The van der Waals surface area contributed by atoms with Gasteiger partial charge in [0.1, 0.15) is 5.69 Å². The quantitative estimate of drug-likeness (QED) is 0.358. The van der Waals surface area contributed by atoms with Crippen LogP contribution < -0.4 is 4.90 Å². The van der Waals surface area contributed by atoms with Gasteiger partial charge in [-0.25, -0.2) is 4.79 Å². The molecule has 1 aromatic rings. The lowest BCUT2D eigenvalue weighted by Gasteiger charge is -2.36. The van der Waals surface area contributed by atoms with E-state index in [4.69, 9.17) is 0 Å². The van der Waals surface area contributed by atoms with Crippen LogP contribution in [0.25, 0.3) is 6.08 Å². The summed E-state index contributed by atoms with van der Waals surface area (Å²) in [6.45, 7) is 5.15. The highest BCUT2D eigenvalue weighted by molar-refractivity contribution is 5.87. The van der Waals surface area contributed by atoms with E-state index in [1.54, 1.807) is 19.1 Å². The lowest BCUT2D eigenvalue weighted by molar-refractivity contribution is -0.384. The van der Waals surface area contributed by atoms with Gasteiger partial charge in [-0.2, -0.15) is 0 Å². The van der Waals surface area contributed by atoms with Crippen LogP contribution in [0.4, 0.5) is 11.4 Å². The van der Waals surface area contributed by atoms with Crippen LogP contribution in [-0.4, -0.2) is 66.8 Å². The summed E-state index contributed by atoms with van der Waals surface area (Å²) >= 11 is 0. The highest BCUT2D eigenvalue weighted by atomic mass is 16.6. The molecule has 0 aliphatic carbocycles. The number of β-amino-alcohol motifs (C(OH)–C–C–N with tert-alkyl or cyclic N) is 1. The first-order valence-electron chi connectivity index (χ1n) is 8.10. The molecule has 0 bridgehead atoms. The number of carbonyl (C=O) groups excluding carboxylic acids is 1. The van der Waals surface area contributed by atoms with Crippen molar-refractivity contribution in [2.45, 2.75) is 13.0 Å². The summed E-state index contributed by atoms with van der Waals surface area (Å²) in [5.41, 5.74) is 1.14. The number of piperazine rings is 1. The fourth-order valence-corrected chi connectivity index (χ4v) is 2.84. The third-order valence-electron chi connectivity index (χ3n) is 4.04. The van der Waals surface area contributed by atoms with Gasteiger partial charge in [-0.3, -0.25) is 15.0 Å². The molecular formula is C17H23N3O5. The smallest absolute Gasteiger partial charge is 0.330 e. The highest BCUT2D eigenvalue weighted by Gasteiger charge is 2.24. The zero-order valence-corrected chi connectivity index (χ0v) is 14.4. The van der Waals surface area contributed by atoms with Crippen molar-refractivity contribution in [3.8, 4) is 0 Å². The number of nitro groups is 1. The van der Waals surface area contributed by atoms with Crippen molar-refractivity contribution in [1.82, 2.24) is 4.90 Å². The number of rotatable bonds is 6. The summed E-state index contributed by atoms with van der Waals surface area (Å²) in [5, 5.41) is 20.9. The number of anilines is 1. The molecule has 2 rings (SSSR count). The SMILES string of the molecule is COC(=O)/C=C/c1ccc(N2CCN(C[C@@H](C)O)CC2)c([N+](=O)[O-])c1. The van der Waals surface area contributed by atoms with Crippen LogP contribution in [0.1, 0.15) is 12.5 Å². The second kappa shape index (κ2) is 8.59. The fourth-order valence-electron chi connectivity index (χ4n) is 2.84. The Morgan fingerprint density at radius 1 is 1.40 bits per heavy atom. The van der Waals surface area contributed by atoms with E-state index in [0.29, 0.717) is 30.9 Å². The van der Waals surface area contributed by atoms with Gasteiger partial charge in [-0.1, -0.05) is 6.07 Å². The molecule has 0 unspecified atom stereocenters. The average molecular weight is 349 g/mol. The summed E-state index contributed by atoms with van der Waals surface area (Å²) in [6.07, 6.45) is 2.33. The first kappa shape index (κ1) is 18.9. The van der Waals surface area contributed by atoms with Gasteiger partial charge < -0.3 is 14.7 Å². The number of hydrogen-bond donors (Lipinski definition) is 1. The molecule has 1 fully saturated rings. The second-order valence-electron chi connectivity index (χ2n) is 6.00. The number of methoxy groups -OCH3 is 1. The first-order chi connectivity index (χ1) is 11.9. The van der Waals surface area contributed by atoms with Crippen LogP contribution in [0, 0.1) is 10.1 Å². The van der Waals surface area contributed by atoms with E-state index in [1.165, 1.54) is 25.3 Å². The molecule has 0 aromatic heterocycles. The molecule has 1 aliphatic rings. The average Bonchev–Trinajstić information content (AvgIpc) is 2.59. The maximum Gasteiger partial charge on any atom is 0.330 e. The van der Waals surface area contributed by atoms with Crippen molar-refractivity contribution in [2.75, 3.05) is 44.7 Å². The lowest BCUT2D eigenvalue weighted by atomic mass is 10.1. The Kier molecular flexibility index (Phi) is 6.49. The maximum atomic E-state index is 11.4. The van der Waals surface area contributed by atoms with Crippen molar-refractivity contribution in [2.24, 2.45) is 0 Å². The van der Waals surface area contributed by atoms with Gasteiger partial charge in [0.05, 0.1) is 18.1 Å². The predicted octanol–water partition coefficient (Wildman–Crippen LogP) is 1.28. The number of carbonyl (C=O) groups is 1. The van der Waals surface area contributed by atoms with E-state index in [-0.39, 0.29) is 11.8 Å². The van der Waals surface area contributed by atoms with Crippen LogP contribution >= 0.6 is 0 Å². The summed E-state index contributed by atoms with van der Waals surface area (Å²) in [6, 6.07) is 4.90. The first-order valence-corrected chi connectivity index (χ1v) is 8.10. The van der Waals surface area contributed by atoms with Gasteiger partial charge in [0, 0.05) is 44.9 Å². The Morgan fingerprint density at radius 2 is 2.08 bits per heavy atom. The van der Waals surface area contributed by atoms with Gasteiger partial charge in [0.25, 0.3) is 5.69 Å². The van der Waals surface area contributed by atoms with Crippen LogP contribution in [0.2, 0.25) is 0 Å². The summed E-state index contributed by atoms with van der Waals surface area (Å²) in [5.74, 6) is -0.513. The molecule has 0 spiro atoms. The number of ether oxygens (including phenoxy) is 1. The van der Waals surface area contributed by atoms with Gasteiger partial charge >= 0.3 is 5.97 Å². The van der Waals surface area contributed by atoms with Crippen molar-refractivity contribution in [3.63, 3.8) is 0 Å². The van der Waals surface area contributed by atoms with E-state index >= 15 is 0 Å². The van der Waals surface area contributed by atoms with E-state index in [9.17, 15) is 20.0 Å². The van der Waals surface area contributed by atoms with E-state index in [1.807, 2.05) is 4.90 Å². The molecule has 1 aliphatic heterocycles. The molecular weight excluding hydrogens is 326 g/mol. The van der Waals surface area contributed by atoms with Crippen molar-refractivity contribution >= 4 is 23.4 Å². The third-order valence-corrected chi connectivity index (χ3v) is 4.04. The summed E-state index contributed by atoms with van der Waals surface area (Å²) in [7, 11) is 1.27. The number of aliphatic hydroxyl groups is 1. The molecule has 0 saturated carbocycles. The van der Waals surface area contributed by atoms with Crippen molar-refractivity contribution in [1.29, 1.82) is 0 Å². The van der Waals surface area contributed by atoms with Crippen LogP contribution in [0.5, 0.6) is 0 Å². The molecule has 8 heteroatoms. The Labute approximate surface area is 146 Å². The summed E-state index contributed by atoms with van der Waals surface area (Å²) in [4.78, 5) is 26.3. The molecule has 0 radical (unpaired) electrons. The Morgan fingerprint density at radius 3 is 2.64 bits per heavy atom. The van der Waals surface area contributed by atoms with E-state index < -0.39 is 10.9 Å². The lowest BCUT2D eigenvalue weighted by Crippen LogP contribution is -2.48. The van der Waals surface area contributed by atoms with Gasteiger partial charge in [0.2, 0.25) is 0 Å². The predicted molar refractivity (Wildman–Crippen MR) is 94.5 cm³/mol. The topological polar surface area (TPSA) is 96.2 Å². The highest BCUT2D eigenvalue weighted by Crippen LogP contribution is 2.30. The Balaban J connectivity index is 2.14. The molecule has 8 nitrogen and oxygen atoms in total. The van der Waals surface area contributed by atoms with E-state index in [2.05, 4.69) is 9.64 Å². The largest absolute Gasteiger partial charge is 0.466 e. The molecule has 1 saturated heterocycles. The number of benzene rings is 1. The molecule has 1 aromatic carbocycles. The zero-order chi connectivity index (χ0) is 18.4. The van der Waals surface area contributed by atoms with Gasteiger partial charge in [-0.05, 0) is 24.6 Å². The standard InChI is InChI=1S/C17H23N3O5/c1-13(21)12-18-7-9-19(10-8-18)15-5-3-14(4-6-17(22)25-2)11-16(15)20(23)24/h3-6,11,13,21H,7-10,12H2,1-2H3/b6-4+/t13-/m1/s1. The van der Waals surface area contributed by atoms with Crippen molar-refractivity contribution < 1.29 is 19.6 Å². The third kappa shape index (κ3) is 5.27. The fraction of sp³-hybridized carbons (Fsp3) is 0.471. The van der Waals surface area contributed by atoms with Crippen LogP contribution in [0.15, 0.2) is 24.3 Å². The minimum atomic E-state index is -0.513. The Bertz CT molecular complexity index is 652. The Hall–Kier alpha value is -2.45. The molecule has 1 heterocycles. The number of esters is 1. The summed E-state index contributed by atoms with van der Waals surface area (Å²) < 4.78 is 4.52. The molecule has 25 heavy (non-hydrogen) atoms. The number of nitro benzene ring substituents is 1. The van der Waals surface area contributed by atoms with Gasteiger partial charge in [-0.15, -0.1) is 0 Å². The van der Waals surface area contributed by atoms with Crippen LogP contribution in [-0.2, 0) is 9.53 Å². The number of nitrogens with zero attached hydrogens (tertiary/aromatic N) is 3. The van der Waals surface area contributed by atoms with Crippen molar-refractivity contribution in [3.05, 3.63) is 40.0 Å². The molecule has 0 amide bonds. The molecule has 1 N–H and O–H groups in total. The second-order valence-corrected chi connectivity index (χ2v) is 6.00. The van der Waals surface area contributed by atoms with Crippen LogP contribution in [0.3, 0.4) is 0 Å². The normalized spacial score (nSPS) is 16.8. The minimum absolute atomic E-state index is 0.0102. The number of aliphatic hydroxyl groups excluding tert-OH is 1. The van der Waals surface area contributed by atoms with E-state index in [0.717, 1.165) is 13.1 Å².